The van der Waals surface area contributed by atoms with Gasteiger partial charge in [-0.05, 0) is 55.5 Å². The smallest absolute Gasteiger partial charge is 0.231 e. The summed E-state index contributed by atoms with van der Waals surface area (Å²) in [5.41, 5.74) is 1.38. The van der Waals surface area contributed by atoms with Crippen molar-refractivity contribution in [3.63, 3.8) is 0 Å². The van der Waals surface area contributed by atoms with Gasteiger partial charge in [-0.2, -0.15) is 0 Å². The molecule has 3 nitrogen and oxygen atoms in total. The highest BCUT2D eigenvalue weighted by molar-refractivity contribution is 5.45. The van der Waals surface area contributed by atoms with Crippen molar-refractivity contribution in [1.29, 1.82) is 0 Å². The Hall–Kier alpha value is -1.22. The van der Waals surface area contributed by atoms with Crippen LogP contribution in [0.1, 0.15) is 51.5 Å². The molecule has 0 saturated carbocycles. The van der Waals surface area contributed by atoms with E-state index in [0.717, 1.165) is 30.5 Å². The van der Waals surface area contributed by atoms with E-state index in [2.05, 4.69) is 38.2 Å². The number of nitrogens with one attached hydrogen (secondary N) is 1. The van der Waals surface area contributed by atoms with Crippen LogP contribution in [-0.2, 0) is 0 Å². The first-order chi connectivity index (χ1) is 9.70. The van der Waals surface area contributed by atoms with E-state index in [1.165, 1.54) is 24.8 Å². The van der Waals surface area contributed by atoms with Crippen molar-refractivity contribution < 1.29 is 9.47 Å². The van der Waals surface area contributed by atoms with Crippen molar-refractivity contribution >= 4 is 0 Å². The standard InChI is InChI=1S/C17H27NO2/c1-4-18-10-9-14(6-5-13(2)3)15-7-8-16-17(11-15)20-12-19-16/h7-8,11,13-14,18H,4-6,9-10,12H2,1-3H3/t14-/m0/s1. The molecule has 0 spiro atoms. The predicted molar refractivity (Wildman–Crippen MR) is 82.5 cm³/mol. The molecule has 0 saturated heterocycles. The number of hydrogen-bond acceptors (Lipinski definition) is 3. The molecule has 1 atom stereocenters. The van der Waals surface area contributed by atoms with Crippen LogP contribution in [0, 0.1) is 5.92 Å². The Kier molecular flexibility index (Phi) is 5.72. The lowest BCUT2D eigenvalue weighted by Crippen LogP contribution is -2.17. The molecule has 1 aromatic rings. The number of ether oxygens (including phenoxy) is 2. The van der Waals surface area contributed by atoms with E-state index in [0.29, 0.717) is 12.7 Å². The lowest BCUT2D eigenvalue weighted by Gasteiger charge is -2.19. The van der Waals surface area contributed by atoms with Crippen LogP contribution >= 0.6 is 0 Å². The van der Waals surface area contributed by atoms with Gasteiger partial charge >= 0.3 is 0 Å². The summed E-state index contributed by atoms with van der Waals surface area (Å²) in [5.74, 6) is 3.14. The molecular formula is C17H27NO2. The Balaban J connectivity index is 2.03. The molecule has 0 fully saturated rings. The molecule has 2 rings (SSSR count). The van der Waals surface area contributed by atoms with Gasteiger partial charge in [-0.1, -0.05) is 33.3 Å². The summed E-state index contributed by atoms with van der Waals surface area (Å²) < 4.78 is 10.9. The third-order valence-corrected chi connectivity index (χ3v) is 3.88. The zero-order valence-corrected chi connectivity index (χ0v) is 12.9. The molecule has 0 unspecified atom stereocenters. The maximum atomic E-state index is 5.50. The first-order valence-electron chi connectivity index (χ1n) is 7.81. The van der Waals surface area contributed by atoms with Crippen LogP contribution in [0.4, 0.5) is 0 Å². The topological polar surface area (TPSA) is 30.5 Å². The second-order valence-electron chi connectivity index (χ2n) is 5.92. The summed E-state index contributed by atoms with van der Waals surface area (Å²) in [4.78, 5) is 0. The molecule has 1 aromatic carbocycles. The average molecular weight is 277 g/mol. The highest BCUT2D eigenvalue weighted by Gasteiger charge is 2.18. The SMILES string of the molecule is CCNCC[C@H](CCC(C)C)c1ccc2c(c1)OCO2. The summed E-state index contributed by atoms with van der Waals surface area (Å²) >= 11 is 0. The summed E-state index contributed by atoms with van der Waals surface area (Å²) in [6.45, 7) is 9.21. The number of fused-ring (bicyclic) bond motifs is 1. The van der Waals surface area contributed by atoms with Crippen LogP contribution < -0.4 is 14.8 Å². The fourth-order valence-electron chi connectivity index (χ4n) is 2.63. The minimum atomic E-state index is 0.354. The molecule has 0 aromatic heterocycles. The molecule has 1 heterocycles. The van der Waals surface area contributed by atoms with Gasteiger partial charge in [0, 0.05) is 0 Å². The van der Waals surface area contributed by atoms with E-state index in [4.69, 9.17) is 9.47 Å². The van der Waals surface area contributed by atoms with Gasteiger partial charge in [0.25, 0.3) is 0 Å². The minimum Gasteiger partial charge on any atom is -0.454 e. The van der Waals surface area contributed by atoms with Crippen molar-refractivity contribution in [3.8, 4) is 11.5 Å². The zero-order chi connectivity index (χ0) is 14.4. The maximum absolute atomic E-state index is 5.50. The molecule has 0 radical (unpaired) electrons. The molecule has 0 aliphatic carbocycles. The molecule has 0 bridgehead atoms. The molecule has 1 aliphatic heterocycles. The third-order valence-electron chi connectivity index (χ3n) is 3.88. The second-order valence-corrected chi connectivity index (χ2v) is 5.92. The van der Waals surface area contributed by atoms with Gasteiger partial charge in [-0.15, -0.1) is 0 Å². The summed E-state index contributed by atoms with van der Waals surface area (Å²) in [5, 5.41) is 3.43. The van der Waals surface area contributed by atoms with Crippen molar-refractivity contribution in [1.82, 2.24) is 5.32 Å². The molecular weight excluding hydrogens is 250 g/mol. The first-order valence-corrected chi connectivity index (χ1v) is 7.81. The average Bonchev–Trinajstić information content (AvgIpc) is 2.89. The van der Waals surface area contributed by atoms with Gasteiger partial charge < -0.3 is 14.8 Å². The van der Waals surface area contributed by atoms with Crippen molar-refractivity contribution in [2.45, 2.75) is 46.0 Å². The quantitative estimate of drug-likeness (QED) is 0.730. The highest BCUT2D eigenvalue weighted by Crippen LogP contribution is 2.36. The van der Waals surface area contributed by atoms with E-state index >= 15 is 0 Å². The summed E-state index contributed by atoms with van der Waals surface area (Å²) in [6.07, 6.45) is 3.69. The predicted octanol–water partition coefficient (Wildman–Crippen LogP) is 3.93. The Bertz CT molecular complexity index is 417. The van der Waals surface area contributed by atoms with Gasteiger partial charge in [0.15, 0.2) is 11.5 Å². The molecule has 1 N–H and O–H groups in total. The zero-order valence-electron chi connectivity index (χ0n) is 12.9. The van der Waals surface area contributed by atoms with E-state index in [1.807, 2.05) is 6.07 Å². The van der Waals surface area contributed by atoms with Gasteiger partial charge in [-0.3, -0.25) is 0 Å². The summed E-state index contributed by atoms with van der Waals surface area (Å²) in [6, 6.07) is 6.41. The van der Waals surface area contributed by atoms with Gasteiger partial charge in [-0.25, -0.2) is 0 Å². The third kappa shape index (κ3) is 4.14. The number of hydrogen-bond donors (Lipinski definition) is 1. The molecule has 112 valence electrons. The van der Waals surface area contributed by atoms with E-state index in [-0.39, 0.29) is 0 Å². The molecule has 3 heteroatoms. The molecule has 20 heavy (non-hydrogen) atoms. The molecule has 0 amide bonds. The normalized spacial score (nSPS) is 14.8. The largest absolute Gasteiger partial charge is 0.454 e. The maximum Gasteiger partial charge on any atom is 0.231 e. The number of rotatable bonds is 8. The van der Waals surface area contributed by atoms with E-state index < -0.39 is 0 Å². The van der Waals surface area contributed by atoms with Crippen LogP contribution in [0.5, 0.6) is 11.5 Å². The van der Waals surface area contributed by atoms with Crippen molar-refractivity contribution in [2.24, 2.45) is 5.92 Å². The number of benzene rings is 1. The Morgan fingerprint density at radius 1 is 1.10 bits per heavy atom. The van der Waals surface area contributed by atoms with Gasteiger partial charge in [0.05, 0.1) is 0 Å². The van der Waals surface area contributed by atoms with Crippen LogP contribution in [0.15, 0.2) is 18.2 Å². The van der Waals surface area contributed by atoms with Crippen LogP contribution in [0.3, 0.4) is 0 Å². The van der Waals surface area contributed by atoms with Crippen molar-refractivity contribution in [3.05, 3.63) is 23.8 Å². The monoisotopic (exact) mass is 277 g/mol. The second kappa shape index (κ2) is 7.53. The van der Waals surface area contributed by atoms with E-state index in [9.17, 15) is 0 Å². The Morgan fingerprint density at radius 2 is 1.90 bits per heavy atom. The summed E-state index contributed by atoms with van der Waals surface area (Å²) in [7, 11) is 0. The fraction of sp³-hybridized carbons (Fsp3) is 0.647. The van der Waals surface area contributed by atoms with Gasteiger partial charge in [0.1, 0.15) is 0 Å². The Morgan fingerprint density at radius 3 is 2.65 bits per heavy atom. The van der Waals surface area contributed by atoms with Gasteiger partial charge in [0.2, 0.25) is 6.79 Å². The highest BCUT2D eigenvalue weighted by atomic mass is 16.7. The minimum absolute atomic E-state index is 0.354. The molecule has 1 aliphatic rings. The first kappa shape index (κ1) is 15.2. The van der Waals surface area contributed by atoms with E-state index in [1.54, 1.807) is 0 Å². The van der Waals surface area contributed by atoms with Crippen LogP contribution in [0.2, 0.25) is 0 Å². The van der Waals surface area contributed by atoms with Crippen molar-refractivity contribution in [2.75, 3.05) is 19.9 Å². The van der Waals surface area contributed by atoms with Crippen LogP contribution in [0.25, 0.3) is 0 Å². The fourth-order valence-corrected chi connectivity index (χ4v) is 2.63. The lowest BCUT2D eigenvalue weighted by atomic mass is 9.88. The Labute approximate surface area is 122 Å². The van der Waals surface area contributed by atoms with Crippen LogP contribution in [-0.4, -0.2) is 19.9 Å². The lowest BCUT2D eigenvalue weighted by molar-refractivity contribution is 0.174.